The number of likely N-dealkylation sites (N-methyl/N-ethyl adjacent to an activating group) is 1. The minimum absolute atomic E-state index is 0.335. The van der Waals surface area contributed by atoms with Gasteiger partial charge in [0.2, 0.25) is 5.28 Å². The first-order valence-electron chi connectivity index (χ1n) is 9.32. The van der Waals surface area contributed by atoms with E-state index < -0.39 is 0 Å². The fraction of sp³-hybridized carbons (Fsp3) is 0.400. The summed E-state index contributed by atoms with van der Waals surface area (Å²) in [5.74, 6) is 0.981. The van der Waals surface area contributed by atoms with Crippen LogP contribution in [-0.4, -0.2) is 47.6 Å². The second-order valence-electron chi connectivity index (χ2n) is 6.68. The predicted octanol–water partition coefficient (Wildman–Crippen LogP) is 5.48. The largest absolute Gasteiger partial charge is 0.353 e. The molecule has 1 saturated heterocycles. The van der Waals surface area contributed by atoms with Crippen LogP contribution in [0.5, 0.6) is 0 Å². The van der Waals surface area contributed by atoms with Crippen molar-refractivity contribution in [2.75, 3.05) is 37.6 Å². The van der Waals surface area contributed by atoms with Crippen molar-refractivity contribution >= 4 is 54.9 Å². The molecule has 1 aliphatic heterocycles. The van der Waals surface area contributed by atoms with Gasteiger partial charge in [0.15, 0.2) is 0 Å². The molecule has 0 radical (unpaired) electrons. The number of anilines is 1. The van der Waals surface area contributed by atoms with E-state index in [9.17, 15) is 0 Å². The van der Waals surface area contributed by atoms with Gasteiger partial charge in [-0.1, -0.05) is 41.9 Å². The van der Waals surface area contributed by atoms with Crippen molar-refractivity contribution in [2.24, 2.45) is 0 Å². The summed E-state index contributed by atoms with van der Waals surface area (Å²) in [5.41, 5.74) is 2.47. The van der Waals surface area contributed by atoms with E-state index in [1.807, 2.05) is 0 Å². The zero-order chi connectivity index (χ0) is 19.0. The third-order valence-electron chi connectivity index (χ3n) is 5.15. The number of rotatable bonds is 4. The number of piperazine rings is 1. The molecule has 7 heteroatoms. The quantitative estimate of drug-likeness (QED) is 0.478. The molecular formula is C20H22BrClN4S. The molecule has 0 saturated carbocycles. The molecule has 0 amide bonds. The monoisotopic (exact) mass is 464 g/mol. The Labute approximate surface area is 177 Å². The molecule has 0 spiro atoms. The SMILES string of the molecule is CCc1sc2nc(Cl)nc(N3CCN(CC)CC3)c2c1-c1ccc(Br)cc1. The number of thiophene rings is 1. The fourth-order valence-electron chi connectivity index (χ4n) is 3.68. The van der Waals surface area contributed by atoms with E-state index in [1.165, 1.54) is 16.0 Å². The van der Waals surface area contributed by atoms with Gasteiger partial charge in [-0.3, -0.25) is 0 Å². The number of aryl methyl sites for hydroxylation is 1. The summed E-state index contributed by atoms with van der Waals surface area (Å²) in [7, 11) is 0. The predicted molar refractivity (Wildman–Crippen MR) is 119 cm³/mol. The summed E-state index contributed by atoms with van der Waals surface area (Å²) in [6, 6.07) is 8.51. The summed E-state index contributed by atoms with van der Waals surface area (Å²) in [6.07, 6.45) is 0.965. The lowest BCUT2D eigenvalue weighted by Gasteiger charge is -2.35. The molecule has 27 heavy (non-hydrogen) atoms. The van der Waals surface area contributed by atoms with Crippen molar-refractivity contribution in [2.45, 2.75) is 20.3 Å². The lowest BCUT2D eigenvalue weighted by molar-refractivity contribution is 0.271. The third kappa shape index (κ3) is 3.73. The first-order valence-corrected chi connectivity index (χ1v) is 11.3. The number of aromatic nitrogens is 2. The van der Waals surface area contributed by atoms with Gasteiger partial charge in [-0.15, -0.1) is 11.3 Å². The molecular weight excluding hydrogens is 444 g/mol. The highest BCUT2D eigenvalue weighted by Gasteiger charge is 2.25. The summed E-state index contributed by atoms with van der Waals surface area (Å²) in [4.78, 5) is 16.4. The van der Waals surface area contributed by atoms with Gasteiger partial charge in [0, 0.05) is 41.1 Å². The van der Waals surface area contributed by atoms with Crippen LogP contribution in [0.15, 0.2) is 28.7 Å². The van der Waals surface area contributed by atoms with Crippen LogP contribution in [-0.2, 0) is 6.42 Å². The molecule has 1 aliphatic rings. The van der Waals surface area contributed by atoms with Gasteiger partial charge >= 0.3 is 0 Å². The molecule has 1 aromatic carbocycles. The van der Waals surface area contributed by atoms with Crippen molar-refractivity contribution in [3.05, 3.63) is 38.9 Å². The summed E-state index contributed by atoms with van der Waals surface area (Å²) >= 11 is 11.6. The highest BCUT2D eigenvalue weighted by Crippen LogP contribution is 2.43. The number of benzene rings is 1. The normalized spacial score (nSPS) is 15.6. The Balaban J connectivity index is 1.88. The number of fused-ring (bicyclic) bond motifs is 1. The van der Waals surface area contributed by atoms with Crippen molar-refractivity contribution in [1.82, 2.24) is 14.9 Å². The second-order valence-corrected chi connectivity index (χ2v) is 9.02. The van der Waals surface area contributed by atoms with Gasteiger partial charge in [0.25, 0.3) is 0 Å². The Hall–Kier alpha value is -1.21. The van der Waals surface area contributed by atoms with Gasteiger partial charge in [0.05, 0.1) is 5.39 Å². The van der Waals surface area contributed by atoms with Crippen molar-refractivity contribution in [3.63, 3.8) is 0 Å². The van der Waals surface area contributed by atoms with Gasteiger partial charge in [-0.05, 0) is 42.3 Å². The third-order valence-corrected chi connectivity index (χ3v) is 7.08. The molecule has 0 unspecified atom stereocenters. The Kier molecular flexibility index (Phi) is 5.69. The van der Waals surface area contributed by atoms with Gasteiger partial charge in [0.1, 0.15) is 10.6 Å². The van der Waals surface area contributed by atoms with Gasteiger partial charge < -0.3 is 9.80 Å². The fourth-order valence-corrected chi connectivity index (χ4v) is 5.29. The van der Waals surface area contributed by atoms with Crippen molar-refractivity contribution in [1.29, 1.82) is 0 Å². The van der Waals surface area contributed by atoms with Crippen LogP contribution in [0.3, 0.4) is 0 Å². The topological polar surface area (TPSA) is 32.3 Å². The zero-order valence-corrected chi connectivity index (χ0v) is 18.7. The van der Waals surface area contributed by atoms with Crippen LogP contribution >= 0.6 is 38.9 Å². The first kappa shape index (κ1) is 19.1. The Morgan fingerprint density at radius 1 is 1.07 bits per heavy atom. The van der Waals surface area contributed by atoms with Crippen LogP contribution in [0.4, 0.5) is 5.82 Å². The van der Waals surface area contributed by atoms with E-state index in [0.29, 0.717) is 5.28 Å². The highest BCUT2D eigenvalue weighted by atomic mass is 79.9. The Morgan fingerprint density at radius 3 is 2.41 bits per heavy atom. The van der Waals surface area contributed by atoms with Gasteiger partial charge in [-0.2, -0.15) is 4.98 Å². The molecule has 2 aromatic heterocycles. The average Bonchev–Trinajstić information content (AvgIpc) is 3.06. The van der Waals surface area contributed by atoms with Gasteiger partial charge in [-0.25, -0.2) is 4.98 Å². The minimum atomic E-state index is 0.335. The first-order chi connectivity index (χ1) is 13.1. The van der Waals surface area contributed by atoms with Crippen LogP contribution in [0, 0.1) is 0 Å². The number of hydrogen-bond donors (Lipinski definition) is 0. The number of nitrogens with zero attached hydrogens (tertiary/aromatic N) is 4. The zero-order valence-electron chi connectivity index (χ0n) is 15.5. The maximum absolute atomic E-state index is 6.31. The molecule has 3 heterocycles. The summed E-state index contributed by atoms with van der Waals surface area (Å²) in [6.45, 7) is 9.54. The molecule has 1 fully saturated rings. The van der Waals surface area contributed by atoms with Crippen molar-refractivity contribution in [3.8, 4) is 11.1 Å². The van der Waals surface area contributed by atoms with Crippen LogP contribution < -0.4 is 4.90 Å². The minimum Gasteiger partial charge on any atom is -0.353 e. The highest BCUT2D eigenvalue weighted by molar-refractivity contribution is 9.10. The molecule has 3 aromatic rings. The van der Waals surface area contributed by atoms with E-state index in [1.54, 1.807) is 11.3 Å². The molecule has 0 atom stereocenters. The summed E-state index contributed by atoms with van der Waals surface area (Å²) in [5, 5.41) is 1.48. The number of hydrogen-bond acceptors (Lipinski definition) is 5. The Bertz CT molecular complexity index is 949. The van der Waals surface area contributed by atoms with E-state index in [-0.39, 0.29) is 0 Å². The van der Waals surface area contributed by atoms with E-state index in [4.69, 9.17) is 11.6 Å². The molecule has 0 N–H and O–H groups in total. The number of halogens is 2. The maximum Gasteiger partial charge on any atom is 0.225 e. The van der Waals surface area contributed by atoms with Crippen LogP contribution in [0.1, 0.15) is 18.7 Å². The smallest absolute Gasteiger partial charge is 0.225 e. The molecule has 0 aliphatic carbocycles. The lowest BCUT2D eigenvalue weighted by atomic mass is 10.0. The lowest BCUT2D eigenvalue weighted by Crippen LogP contribution is -2.46. The van der Waals surface area contributed by atoms with E-state index in [0.717, 1.165) is 59.7 Å². The second kappa shape index (κ2) is 8.03. The van der Waals surface area contributed by atoms with E-state index in [2.05, 4.69) is 73.8 Å². The molecule has 4 rings (SSSR count). The van der Waals surface area contributed by atoms with E-state index >= 15 is 0 Å². The molecule has 142 valence electrons. The molecule has 4 nitrogen and oxygen atoms in total. The van der Waals surface area contributed by atoms with Crippen LogP contribution in [0.2, 0.25) is 5.28 Å². The Morgan fingerprint density at radius 2 is 1.78 bits per heavy atom. The maximum atomic E-state index is 6.31. The van der Waals surface area contributed by atoms with Crippen molar-refractivity contribution < 1.29 is 0 Å². The standard InChI is InChI=1S/C20H22BrClN4S/c1-3-15-16(13-5-7-14(21)8-6-13)17-18(23-20(22)24-19(17)27-15)26-11-9-25(4-2)10-12-26/h5-8H,3-4,9-12H2,1-2H3. The summed E-state index contributed by atoms with van der Waals surface area (Å²) < 4.78 is 1.08. The average molecular weight is 466 g/mol. The van der Waals surface area contributed by atoms with Crippen LogP contribution in [0.25, 0.3) is 21.3 Å². The molecule has 0 bridgehead atoms.